The number of nitrogens with two attached hydrogens (primary N) is 1. The minimum atomic E-state index is -0.170. The van der Waals surface area contributed by atoms with Gasteiger partial charge in [-0.15, -0.1) is 0 Å². The lowest BCUT2D eigenvalue weighted by atomic mass is 10.2. The first-order valence-corrected chi connectivity index (χ1v) is 13.1. The molecule has 1 atom stereocenters. The number of carbonyl (C=O) groups is 1. The van der Waals surface area contributed by atoms with Crippen LogP contribution in [0.25, 0.3) is 0 Å². The molecule has 0 aliphatic carbocycles. The molecule has 124 valence electrons. The maximum atomic E-state index is 11.1. The fraction of sp³-hybridized carbons (Fsp3) is 0.929. The Morgan fingerprint density at radius 2 is 1.57 bits per heavy atom. The van der Waals surface area contributed by atoms with E-state index in [1.165, 1.54) is 52.4 Å². The van der Waals surface area contributed by atoms with Crippen LogP contribution in [0.1, 0.15) is 13.3 Å². The molecule has 0 aromatic heterocycles. The Hall–Kier alpha value is 1.22. The second-order valence-corrected chi connectivity index (χ2v) is 11.1. The van der Waals surface area contributed by atoms with Crippen LogP contribution in [0.15, 0.2) is 0 Å². The molecule has 0 aromatic rings. The zero-order valence-electron chi connectivity index (χ0n) is 12.8. The Bertz CT molecular complexity index is 266. The maximum absolute atomic E-state index is 11.1. The molecule has 0 radical (unpaired) electrons. The fourth-order valence-corrected chi connectivity index (χ4v) is 8.13. The van der Waals surface area contributed by atoms with Gasteiger partial charge in [-0.3, -0.25) is 4.79 Å². The van der Waals surface area contributed by atoms with E-state index in [9.17, 15) is 4.79 Å². The van der Waals surface area contributed by atoms with Crippen molar-refractivity contribution in [3.8, 4) is 0 Å². The summed E-state index contributed by atoms with van der Waals surface area (Å²) in [4.78, 5) is 11.1. The molecule has 1 aliphatic rings. The van der Waals surface area contributed by atoms with Crippen LogP contribution in [0, 0.1) is 5.92 Å². The third-order valence-electron chi connectivity index (χ3n) is 3.00. The molecule has 2 nitrogen and oxygen atoms in total. The minimum absolute atomic E-state index is 0.00999. The molecule has 0 bridgehead atoms. The predicted molar refractivity (Wildman–Crippen MR) is 109 cm³/mol. The molecular formula is C14H27NOS5. The Morgan fingerprint density at radius 3 is 2.10 bits per heavy atom. The topological polar surface area (TPSA) is 43.1 Å². The summed E-state index contributed by atoms with van der Waals surface area (Å²) in [5, 5.41) is 0.653. The fourth-order valence-electron chi connectivity index (χ4n) is 1.64. The van der Waals surface area contributed by atoms with Gasteiger partial charge in [0.15, 0.2) is 0 Å². The molecule has 2 N–H and O–H groups in total. The number of amides is 1. The summed E-state index contributed by atoms with van der Waals surface area (Å²) in [5.41, 5.74) is 5.36. The summed E-state index contributed by atoms with van der Waals surface area (Å²) in [7, 11) is 0. The van der Waals surface area contributed by atoms with Gasteiger partial charge in [0.2, 0.25) is 5.91 Å². The van der Waals surface area contributed by atoms with Crippen molar-refractivity contribution in [2.45, 2.75) is 18.6 Å². The Kier molecular flexibility index (Phi) is 13.2. The van der Waals surface area contributed by atoms with Crippen LogP contribution in [-0.4, -0.2) is 62.9 Å². The van der Waals surface area contributed by atoms with Crippen LogP contribution in [0.2, 0.25) is 0 Å². The predicted octanol–water partition coefficient (Wildman–Crippen LogP) is 3.55. The number of hydrogen-bond acceptors (Lipinski definition) is 6. The number of thioether (sulfide) groups is 5. The maximum Gasteiger partial charge on any atom is 0.221 e. The summed E-state index contributed by atoms with van der Waals surface area (Å²) in [6.07, 6.45) is 1.36. The van der Waals surface area contributed by atoms with E-state index in [2.05, 4.69) is 47.0 Å². The lowest BCUT2D eigenvalue weighted by Gasteiger charge is -2.18. The monoisotopic (exact) mass is 385 g/mol. The lowest BCUT2D eigenvalue weighted by molar-refractivity contribution is -0.120. The first-order valence-electron chi connectivity index (χ1n) is 7.42. The van der Waals surface area contributed by atoms with E-state index in [1.54, 1.807) is 0 Å². The van der Waals surface area contributed by atoms with Gasteiger partial charge in [0.1, 0.15) is 0 Å². The van der Waals surface area contributed by atoms with Crippen LogP contribution in [0.3, 0.4) is 0 Å². The van der Waals surface area contributed by atoms with Crippen molar-refractivity contribution >= 4 is 64.7 Å². The number of primary amides is 1. The van der Waals surface area contributed by atoms with Crippen molar-refractivity contribution in [3.63, 3.8) is 0 Å². The van der Waals surface area contributed by atoms with E-state index in [4.69, 9.17) is 5.73 Å². The van der Waals surface area contributed by atoms with E-state index in [-0.39, 0.29) is 11.8 Å². The van der Waals surface area contributed by atoms with E-state index < -0.39 is 0 Å². The first-order chi connectivity index (χ1) is 10.2. The van der Waals surface area contributed by atoms with Gasteiger partial charge in [0.05, 0.1) is 0 Å². The van der Waals surface area contributed by atoms with E-state index in [0.717, 1.165) is 5.75 Å². The third-order valence-corrected chi connectivity index (χ3v) is 9.83. The summed E-state index contributed by atoms with van der Waals surface area (Å²) in [5.74, 6) is 10.8. The van der Waals surface area contributed by atoms with E-state index >= 15 is 0 Å². The molecule has 1 saturated heterocycles. The van der Waals surface area contributed by atoms with Gasteiger partial charge in [-0.05, 0) is 17.9 Å². The molecule has 1 heterocycles. The van der Waals surface area contributed by atoms with Crippen LogP contribution in [-0.2, 0) is 4.79 Å². The summed E-state index contributed by atoms with van der Waals surface area (Å²) >= 11 is 10.3. The normalized spacial score (nSPS) is 22.3. The molecule has 0 saturated carbocycles. The van der Waals surface area contributed by atoms with Crippen molar-refractivity contribution in [2.75, 3.05) is 51.8 Å². The zero-order chi connectivity index (χ0) is 15.3. The molecule has 1 rings (SSSR count). The van der Waals surface area contributed by atoms with Crippen molar-refractivity contribution in [2.24, 2.45) is 11.7 Å². The standard InChI is InChI=1S/C14H27NOS5/c1-12(14(15)16)9-21-13-10-19-7-5-17-3-2-4-18-6-8-20-11-13/h12-13H,2-11H2,1H3,(H2,15,16). The number of hydrogen-bond donors (Lipinski definition) is 1. The molecule has 0 aromatic carbocycles. The Morgan fingerprint density at radius 1 is 1.05 bits per heavy atom. The highest BCUT2D eigenvalue weighted by Crippen LogP contribution is 2.24. The van der Waals surface area contributed by atoms with Gasteiger partial charge in [-0.25, -0.2) is 0 Å². The number of rotatable bonds is 4. The van der Waals surface area contributed by atoms with Gasteiger partial charge in [0, 0.05) is 51.4 Å². The average Bonchev–Trinajstić information content (AvgIpc) is 2.47. The minimum Gasteiger partial charge on any atom is -0.369 e. The highest BCUT2D eigenvalue weighted by Gasteiger charge is 2.15. The molecule has 1 aliphatic heterocycles. The van der Waals surface area contributed by atoms with E-state index in [0.29, 0.717) is 5.25 Å². The Balaban J connectivity index is 2.29. The molecule has 1 amide bonds. The SMILES string of the molecule is CC(CSC1CSCCSCCCSCCSC1)C(N)=O. The third kappa shape index (κ3) is 11.4. The quantitative estimate of drug-likeness (QED) is 0.798. The first kappa shape index (κ1) is 20.3. The largest absolute Gasteiger partial charge is 0.369 e. The second kappa shape index (κ2) is 13.6. The van der Waals surface area contributed by atoms with Gasteiger partial charge in [-0.1, -0.05) is 6.92 Å². The second-order valence-electron chi connectivity index (χ2n) is 4.99. The van der Waals surface area contributed by atoms with Crippen molar-refractivity contribution in [3.05, 3.63) is 0 Å². The molecular weight excluding hydrogens is 358 g/mol. The van der Waals surface area contributed by atoms with Gasteiger partial charge < -0.3 is 5.73 Å². The van der Waals surface area contributed by atoms with Crippen LogP contribution in [0.4, 0.5) is 0 Å². The average molecular weight is 386 g/mol. The molecule has 0 spiro atoms. The van der Waals surface area contributed by atoms with Gasteiger partial charge in [-0.2, -0.15) is 58.8 Å². The zero-order valence-corrected chi connectivity index (χ0v) is 16.8. The Labute approximate surface area is 151 Å². The van der Waals surface area contributed by atoms with Crippen molar-refractivity contribution < 1.29 is 4.79 Å². The highest BCUT2D eigenvalue weighted by atomic mass is 32.2. The van der Waals surface area contributed by atoms with Crippen molar-refractivity contribution in [1.29, 1.82) is 0 Å². The highest BCUT2D eigenvalue weighted by molar-refractivity contribution is 8.06. The van der Waals surface area contributed by atoms with Crippen LogP contribution < -0.4 is 5.73 Å². The van der Waals surface area contributed by atoms with Crippen molar-refractivity contribution in [1.82, 2.24) is 0 Å². The van der Waals surface area contributed by atoms with Crippen LogP contribution >= 0.6 is 58.8 Å². The smallest absolute Gasteiger partial charge is 0.221 e. The molecule has 1 unspecified atom stereocenters. The summed E-state index contributed by atoms with van der Waals surface area (Å²) < 4.78 is 0. The summed E-state index contributed by atoms with van der Waals surface area (Å²) in [6.45, 7) is 1.94. The summed E-state index contributed by atoms with van der Waals surface area (Å²) in [6, 6.07) is 0. The van der Waals surface area contributed by atoms with Gasteiger partial charge in [0.25, 0.3) is 0 Å². The molecule has 21 heavy (non-hydrogen) atoms. The number of carbonyl (C=O) groups excluding carboxylic acids is 1. The lowest BCUT2D eigenvalue weighted by Crippen LogP contribution is -2.24. The van der Waals surface area contributed by atoms with Crippen LogP contribution in [0.5, 0.6) is 0 Å². The van der Waals surface area contributed by atoms with Gasteiger partial charge >= 0.3 is 0 Å². The van der Waals surface area contributed by atoms with E-state index in [1.807, 2.05) is 18.7 Å². The molecule has 7 heteroatoms. The molecule has 1 fully saturated rings.